The molecule has 1 amide bonds. The van der Waals surface area contributed by atoms with Gasteiger partial charge in [-0.15, -0.1) is 0 Å². The van der Waals surface area contributed by atoms with Gasteiger partial charge in [0, 0.05) is 5.02 Å². The maximum atomic E-state index is 12.6. The highest BCUT2D eigenvalue weighted by molar-refractivity contribution is 6.30. The van der Waals surface area contributed by atoms with Crippen LogP contribution in [-0.2, 0) is 11.2 Å². The molecule has 0 saturated heterocycles. The first-order chi connectivity index (χ1) is 7.93. The number of aliphatic hydroxyl groups is 1. The first-order valence-corrected chi connectivity index (χ1v) is 5.30. The molecule has 0 aromatic heterocycles. The van der Waals surface area contributed by atoms with Crippen molar-refractivity contribution in [1.82, 2.24) is 5.32 Å². The Kier molecular flexibility index (Phi) is 4.84. The fourth-order valence-corrected chi connectivity index (χ4v) is 1.26. The van der Waals surface area contributed by atoms with E-state index < -0.39 is 25.0 Å². The molecule has 0 radical (unpaired) electrons. The van der Waals surface area contributed by atoms with Gasteiger partial charge in [-0.2, -0.15) is 0 Å². The van der Waals surface area contributed by atoms with Crippen LogP contribution in [0.25, 0.3) is 0 Å². The fraction of sp³-hybridized carbons (Fsp3) is 0.364. The molecule has 3 nitrogen and oxygen atoms in total. The Labute approximate surface area is 102 Å². The van der Waals surface area contributed by atoms with Gasteiger partial charge < -0.3 is 10.4 Å². The number of hydrogen-bond donors (Lipinski definition) is 2. The molecule has 17 heavy (non-hydrogen) atoms. The van der Waals surface area contributed by atoms with Crippen LogP contribution in [0.15, 0.2) is 24.3 Å². The first kappa shape index (κ1) is 13.9. The van der Waals surface area contributed by atoms with Crippen molar-refractivity contribution >= 4 is 17.5 Å². The van der Waals surface area contributed by atoms with E-state index in [1.807, 2.05) is 0 Å². The normalized spacial score (nSPS) is 11.3. The Morgan fingerprint density at radius 3 is 2.47 bits per heavy atom. The lowest BCUT2D eigenvalue weighted by Crippen LogP contribution is -2.39. The zero-order valence-electron chi connectivity index (χ0n) is 8.92. The molecule has 2 N–H and O–H groups in total. The minimum absolute atomic E-state index is 0.00131. The van der Waals surface area contributed by atoms with Gasteiger partial charge in [0.2, 0.25) is 5.91 Å². The van der Waals surface area contributed by atoms with Gasteiger partial charge in [0.25, 0.3) is 5.92 Å². The molecule has 0 atom stereocenters. The lowest BCUT2D eigenvalue weighted by atomic mass is 10.1. The van der Waals surface area contributed by atoms with Crippen LogP contribution in [0.4, 0.5) is 8.78 Å². The van der Waals surface area contributed by atoms with Crippen LogP contribution in [-0.4, -0.2) is 30.1 Å². The summed E-state index contributed by atoms with van der Waals surface area (Å²) in [5, 5.41) is 10.9. The predicted molar refractivity (Wildman–Crippen MR) is 60.2 cm³/mol. The SMILES string of the molecule is O=C(Cc1ccc(Cl)cc1)NCC(F)(F)CO. The van der Waals surface area contributed by atoms with Crippen molar-refractivity contribution < 1.29 is 18.7 Å². The van der Waals surface area contributed by atoms with E-state index in [4.69, 9.17) is 16.7 Å². The third-order valence-electron chi connectivity index (χ3n) is 2.05. The summed E-state index contributed by atoms with van der Waals surface area (Å²) in [4.78, 5) is 11.3. The van der Waals surface area contributed by atoms with Crippen molar-refractivity contribution in [3.63, 3.8) is 0 Å². The van der Waals surface area contributed by atoms with Gasteiger partial charge in [0.1, 0.15) is 6.61 Å². The molecule has 1 rings (SSSR count). The number of carbonyl (C=O) groups excluding carboxylic acids is 1. The fourth-order valence-electron chi connectivity index (χ4n) is 1.13. The van der Waals surface area contributed by atoms with E-state index in [0.29, 0.717) is 10.6 Å². The number of halogens is 3. The summed E-state index contributed by atoms with van der Waals surface area (Å²) in [6, 6.07) is 6.52. The third kappa shape index (κ3) is 5.10. The molecular weight excluding hydrogens is 252 g/mol. The second-order valence-corrected chi connectivity index (χ2v) is 4.03. The number of benzene rings is 1. The molecule has 0 fully saturated rings. The Bertz CT molecular complexity index is 382. The van der Waals surface area contributed by atoms with Gasteiger partial charge in [-0.25, -0.2) is 8.78 Å². The van der Waals surface area contributed by atoms with E-state index in [1.165, 1.54) is 0 Å². The van der Waals surface area contributed by atoms with Gasteiger partial charge in [-0.3, -0.25) is 4.79 Å². The van der Waals surface area contributed by atoms with Crippen LogP contribution in [0.2, 0.25) is 5.02 Å². The largest absolute Gasteiger partial charge is 0.390 e. The quantitative estimate of drug-likeness (QED) is 0.848. The minimum atomic E-state index is -3.28. The molecule has 1 aromatic carbocycles. The van der Waals surface area contributed by atoms with E-state index in [-0.39, 0.29) is 6.42 Å². The molecule has 0 aliphatic heterocycles. The zero-order valence-corrected chi connectivity index (χ0v) is 9.68. The summed E-state index contributed by atoms with van der Waals surface area (Å²) in [6.07, 6.45) is -0.00131. The average molecular weight is 264 g/mol. The molecule has 0 aliphatic rings. The second kappa shape index (κ2) is 5.93. The summed E-state index contributed by atoms with van der Waals surface area (Å²) < 4.78 is 25.2. The smallest absolute Gasteiger partial charge is 0.287 e. The molecule has 0 saturated carbocycles. The van der Waals surface area contributed by atoms with Gasteiger partial charge in [0.05, 0.1) is 13.0 Å². The average Bonchev–Trinajstić information content (AvgIpc) is 2.30. The maximum absolute atomic E-state index is 12.6. The van der Waals surface area contributed by atoms with Crippen LogP contribution in [0.3, 0.4) is 0 Å². The van der Waals surface area contributed by atoms with E-state index in [0.717, 1.165) is 0 Å². The van der Waals surface area contributed by atoms with Crippen LogP contribution >= 0.6 is 11.6 Å². The Morgan fingerprint density at radius 2 is 1.94 bits per heavy atom. The monoisotopic (exact) mass is 263 g/mol. The van der Waals surface area contributed by atoms with Gasteiger partial charge in [0.15, 0.2) is 0 Å². The summed E-state index contributed by atoms with van der Waals surface area (Å²) in [5.74, 6) is -3.81. The molecule has 1 aromatic rings. The molecule has 6 heteroatoms. The van der Waals surface area contributed by atoms with Gasteiger partial charge >= 0.3 is 0 Å². The Morgan fingerprint density at radius 1 is 1.35 bits per heavy atom. The zero-order chi connectivity index (χ0) is 12.9. The summed E-state index contributed by atoms with van der Waals surface area (Å²) in [7, 11) is 0. The van der Waals surface area contributed by atoms with Crippen molar-refractivity contribution in [3.8, 4) is 0 Å². The second-order valence-electron chi connectivity index (χ2n) is 3.59. The Hall–Kier alpha value is -1.20. The van der Waals surface area contributed by atoms with E-state index in [1.54, 1.807) is 24.3 Å². The van der Waals surface area contributed by atoms with E-state index in [9.17, 15) is 13.6 Å². The van der Waals surface area contributed by atoms with Crippen molar-refractivity contribution in [1.29, 1.82) is 0 Å². The van der Waals surface area contributed by atoms with E-state index in [2.05, 4.69) is 5.32 Å². The van der Waals surface area contributed by atoms with Gasteiger partial charge in [-0.1, -0.05) is 23.7 Å². The molecule has 94 valence electrons. The highest BCUT2D eigenvalue weighted by atomic mass is 35.5. The highest BCUT2D eigenvalue weighted by Gasteiger charge is 2.27. The highest BCUT2D eigenvalue weighted by Crippen LogP contribution is 2.11. The van der Waals surface area contributed by atoms with Gasteiger partial charge in [-0.05, 0) is 17.7 Å². The first-order valence-electron chi connectivity index (χ1n) is 4.93. The topological polar surface area (TPSA) is 49.3 Å². The molecule has 0 spiro atoms. The van der Waals surface area contributed by atoms with E-state index >= 15 is 0 Å². The molecule has 0 heterocycles. The van der Waals surface area contributed by atoms with Crippen LogP contribution in [0, 0.1) is 0 Å². The molecular formula is C11H12ClF2NO2. The molecule has 0 unspecified atom stereocenters. The lowest BCUT2D eigenvalue weighted by Gasteiger charge is -2.13. The number of aliphatic hydroxyl groups excluding tert-OH is 1. The Balaban J connectivity index is 2.42. The van der Waals surface area contributed by atoms with Crippen molar-refractivity contribution in [3.05, 3.63) is 34.9 Å². The van der Waals surface area contributed by atoms with Crippen LogP contribution in [0.1, 0.15) is 5.56 Å². The van der Waals surface area contributed by atoms with Crippen molar-refractivity contribution in [2.45, 2.75) is 12.3 Å². The number of amides is 1. The number of nitrogens with one attached hydrogen (secondary N) is 1. The number of alkyl halides is 2. The summed E-state index contributed by atoms with van der Waals surface area (Å²) in [5.41, 5.74) is 0.680. The standard InChI is InChI=1S/C11H12ClF2NO2/c12-9-3-1-8(2-4-9)5-10(17)15-6-11(13,14)7-16/h1-4,16H,5-7H2,(H,15,17). The predicted octanol–water partition coefficient (Wildman–Crippen LogP) is 1.63. The van der Waals surface area contributed by atoms with Crippen molar-refractivity contribution in [2.75, 3.05) is 13.2 Å². The number of carbonyl (C=O) groups is 1. The lowest BCUT2D eigenvalue weighted by molar-refractivity contribution is -0.123. The number of rotatable bonds is 5. The summed E-state index contributed by atoms with van der Waals surface area (Å²) in [6.45, 7) is -2.15. The van der Waals surface area contributed by atoms with Crippen LogP contribution < -0.4 is 5.32 Å². The maximum Gasteiger partial charge on any atom is 0.287 e. The third-order valence-corrected chi connectivity index (χ3v) is 2.31. The molecule has 0 aliphatic carbocycles. The number of hydrogen-bond acceptors (Lipinski definition) is 2. The van der Waals surface area contributed by atoms with Crippen LogP contribution in [0.5, 0.6) is 0 Å². The van der Waals surface area contributed by atoms with Crippen molar-refractivity contribution in [2.24, 2.45) is 0 Å². The minimum Gasteiger partial charge on any atom is -0.390 e. The molecule has 0 bridgehead atoms. The summed E-state index contributed by atoms with van der Waals surface area (Å²) >= 11 is 5.66.